The molecule has 0 saturated heterocycles. The maximum absolute atomic E-state index is 5.69. The molecule has 0 aliphatic carbocycles. The Morgan fingerprint density at radius 3 is 2.68 bits per heavy atom. The number of hydrogen-bond acceptors (Lipinski definition) is 2. The number of furan rings is 1. The minimum absolute atomic E-state index is 0.675. The van der Waals surface area contributed by atoms with Crippen LogP contribution in [0.5, 0.6) is 0 Å². The molecule has 2 nitrogen and oxygen atoms in total. The van der Waals surface area contributed by atoms with Crippen LogP contribution in [0.4, 0.5) is 0 Å². The van der Waals surface area contributed by atoms with Gasteiger partial charge in [-0.2, -0.15) is 0 Å². The van der Waals surface area contributed by atoms with E-state index in [0.29, 0.717) is 6.61 Å². The zero-order valence-corrected chi connectivity index (χ0v) is 10.7. The first-order valence-corrected chi connectivity index (χ1v) is 6.50. The van der Waals surface area contributed by atoms with Gasteiger partial charge in [0.05, 0.1) is 19.5 Å². The largest absolute Gasteiger partial charge is 0.464 e. The molecule has 0 saturated carbocycles. The van der Waals surface area contributed by atoms with Gasteiger partial charge in [0, 0.05) is 5.39 Å². The lowest BCUT2D eigenvalue weighted by Gasteiger charge is -2.04. The molecule has 96 valence electrons. The van der Waals surface area contributed by atoms with Crippen LogP contribution in [0.25, 0.3) is 11.0 Å². The Balaban J connectivity index is 1.52. The highest BCUT2D eigenvalue weighted by Crippen LogP contribution is 2.17. The molecule has 1 heterocycles. The molecule has 19 heavy (non-hydrogen) atoms. The van der Waals surface area contributed by atoms with Gasteiger partial charge in [-0.1, -0.05) is 36.4 Å². The van der Waals surface area contributed by atoms with Crippen molar-refractivity contribution >= 4 is 11.0 Å². The number of rotatable bonds is 5. The SMILES string of the molecule is c1ccc(COCCc2ccc3occc3c2)cc1. The predicted molar refractivity (Wildman–Crippen MR) is 76.0 cm³/mol. The fourth-order valence-electron chi connectivity index (χ4n) is 2.13. The summed E-state index contributed by atoms with van der Waals surface area (Å²) in [6.45, 7) is 1.41. The van der Waals surface area contributed by atoms with Gasteiger partial charge < -0.3 is 9.15 Å². The van der Waals surface area contributed by atoms with Gasteiger partial charge in [0.15, 0.2) is 0 Å². The van der Waals surface area contributed by atoms with Crippen molar-refractivity contribution in [2.24, 2.45) is 0 Å². The van der Waals surface area contributed by atoms with Gasteiger partial charge in [-0.3, -0.25) is 0 Å². The Labute approximate surface area is 112 Å². The summed E-state index contributed by atoms with van der Waals surface area (Å²) in [5.74, 6) is 0. The summed E-state index contributed by atoms with van der Waals surface area (Å²) >= 11 is 0. The second-order valence-corrected chi connectivity index (χ2v) is 4.58. The van der Waals surface area contributed by atoms with Gasteiger partial charge in [0.25, 0.3) is 0 Å². The molecule has 2 heteroatoms. The van der Waals surface area contributed by atoms with Crippen LogP contribution < -0.4 is 0 Å². The third-order valence-electron chi connectivity index (χ3n) is 3.16. The van der Waals surface area contributed by atoms with Crippen molar-refractivity contribution < 1.29 is 9.15 Å². The van der Waals surface area contributed by atoms with Crippen molar-refractivity contribution in [3.8, 4) is 0 Å². The van der Waals surface area contributed by atoms with Gasteiger partial charge in [-0.25, -0.2) is 0 Å². The van der Waals surface area contributed by atoms with E-state index in [1.807, 2.05) is 30.3 Å². The smallest absolute Gasteiger partial charge is 0.133 e. The quantitative estimate of drug-likeness (QED) is 0.635. The third kappa shape index (κ3) is 3.04. The normalized spacial score (nSPS) is 10.9. The molecule has 0 spiro atoms. The van der Waals surface area contributed by atoms with Crippen LogP contribution in [0.3, 0.4) is 0 Å². The van der Waals surface area contributed by atoms with Crippen molar-refractivity contribution in [1.82, 2.24) is 0 Å². The summed E-state index contributed by atoms with van der Waals surface area (Å²) in [4.78, 5) is 0. The molecule has 0 aliphatic heterocycles. The highest BCUT2D eigenvalue weighted by atomic mass is 16.5. The monoisotopic (exact) mass is 252 g/mol. The van der Waals surface area contributed by atoms with Crippen LogP contribution in [0, 0.1) is 0 Å². The Morgan fingerprint density at radius 2 is 1.79 bits per heavy atom. The summed E-state index contributed by atoms with van der Waals surface area (Å²) in [5.41, 5.74) is 3.43. The Hall–Kier alpha value is -2.06. The zero-order chi connectivity index (χ0) is 12.9. The van der Waals surface area contributed by atoms with E-state index in [1.54, 1.807) is 6.26 Å². The van der Waals surface area contributed by atoms with Gasteiger partial charge in [0.1, 0.15) is 5.58 Å². The molecule has 2 aromatic carbocycles. The van der Waals surface area contributed by atoms with E-state index in [2.05, 4.69) is 24.3 Å². The van der Waals surface area contributed by atoms with E-state index in [9.17, 15) is 0 Å². The molecule has 3 rings (SSSR count). The standard InChI is InChI=1S/C17H16O2/c1-2-4-15(5-3-1)13-18-10-8-14-6-7-17-16(12-14)9-11-19-17/h1-7,9,11-12H,8,10,13H2. The molecule has 0 atom stereocenters. The average molecular weight is 252 g/mol. The molecule has 1 aromatic heterocycles. The molecule has 0 amide bonds. The van der Waals surface area contributed by atoms with Crippen LogP contribution >= 0.6 is 0 Å². The summed E-state index contributed by atoms with van der Waals surface area (Å²) in [7, 11) is 0. The van der Waals surface area contributed by atoms with Crippen molar-refractivity contribution in [2.45, 2.75) is 13.0 Å². The number of fused-ring (bicyclic) bond motifs is 1. The predicted octanol–water partition coefficient (Wildman–Crippen LogP) is 4.19. The van der Waals surface area contributed by atoms with Crippen molar-refractivity contribution in [3.05, 3.63) is 72.0 Å². The summed E-state index contributed by atoms with van der Waals surface area (Å²) in [6, 6.07) is 18.5. The zero-order valence-electron chi connectivity index (χ0n) is 10.7. The van der Waals surface area contributed by atoms with E-state index in [1.165, 1.54) is 11.1 Å². The van der Waals surface area contributed by atoms with E-state index in [0.717, 1.165) is 24.0 Å². The molecule has 0 radical (unpaired) electrons. The minimum Gasteiger partial charge on any atom is -0.464 e. The fourth-order valence-corrected chi connectivity index (χ4v) is 2.13. The van der Waals surface area contributed by atoms with Crippen molar-refractivity contribution in [3.63, 3.8) is 0 Å². The van der Waals surface area contributed by atoms with Crippen molar-refractivity contribution in [2.75, 3.05) is 6.61 Å². The average Bonchev–Trinajstić information content (AvgIpc) is 2.92. The Morgan fingerprint density at radius 1 is 0.895 bits per heavy atom. The van der Waals surface area contributed by atoms with Gasteiger partial charge >= 0.3 is 0 Å². The van der Waals surface area contributed by atoms with Crippen LogP contribution in [-0.4, -0.2) is 6.61 Å². The van der Waals surface area contributed by atoms with Crippen LogP contribution in [0.2, 0.25) is 0 Å². The second kappa shape index (κ2) is 5.72. The van der Waals surface area contributed by atoms with Crippen LogP contribution in [0.15, 0.2) is 65.3 Å². The fraction of sp³-hybridized carbons (Fsp3) is 0.176. The summed E-state index contributed by atoms with van der Waals surface area (Å²) in [6.07, 6.45) is 2.65. The van der Waals surface area contributed by atoms with E-state index in [-0.39, 0.29) is 0 Å². The molecule has 0 aliphatic rings. The summed E-state index contributed by atoms with van der Waals surface area (Å²) in [5, 5.41) is 1.15. The lowest BCUT2D eigenvalue weighted by atomic mass is 10.1. The first-order valence-electron chi connectivity index (χ1n) is 6.50. The number of hydrogen-bond donors (Lipinski definition) is 0. The molecular weight excluding hydrogens is 236 g/mol. The second-order valence-electron chi connectivity index (χ2n) is 4.58. The molecule has 0 fully saturated rings. The first kappa shape index (κ1) is 12.0. The van der Waals surface area contributed by atoms with E-state index in [4.69, 9.17) is 9.15 Å². The van der Waals surface area contributed by atoms with Crippen LogP contribution in [0.1, 0.15) is 11.1 Å². The first-order chi connectivity index (χ1) is 9.42. The summed E-state index contributed by atoms with van der Waals surface area (Å²) < 4.78 is 11.0. The van der Waals surface area contributed by atoms with Crippen LogP contribution in [-0.2, 0) is 17.8 Å². The lowest BCUT2D eigenvalue weighted by molar-refractivity contribution is 0.124. The van der Waals surface area contributed by atoms with E-state index >= 15 is 0 Å². The maximum atomic E-state index is 5.69. The number of benzene rings is 2. The molecule has 0 N–H and O–H groups in total. The molecule has 0 unspecified atom stereocenters. The topological polar surface area (TPSA) is 22.4 Å². The van der Waals surface area contributed by atoms with E-state index < -0.39 is 0 Å². The highest BCUT2D eigenvalue weighted by molar-refractivity contribution is 5.77. The lowest BCUT2D eigenvalue weighted by Crippen LogP contribution is -1.98. The number of ether oxygens (including phenoxy) is 1. The van der Waals surface area contributed by atoms with Gasteiger partial charge in [-0.05, 0) is 35.7 Å². The van der Waals surface area contributed by atoms with Crippen molar-refractivity contribution in [1.29, 1.82) is 0 Å². The molecule has 0 bridgehead atoms. The Bertz CT molecular complexity index is 640. The maximum Gasteiger partial charge on any atom is 0.133 e. The van der Waals surface area contributed by atoms with Gasteiger partial charge in [-0.15, -0.1) is 0 Å². The highest BCUT2D eigenvalue weighted by Gasteiger charge is 1.99. The minimum atomic E-state index is 0.675. The third-order valence-corrected chi connectivity index (χ3v) is 3.16. The molecule has 3 aromatic rings. The molecular formula is C17H16O2. The Kier molecular flexibility index (Phi) is 3.61. The van der Waals surface area contributed by atoms with Gasteiger partial charge in [0.2, 0.25) is 0 Å².